The van der Waals surface area contributed by atoms with Gasteiger partial charge in [-0.3, -0.25) is 0 Å². The highest BCUT2D eigenvalue weighted by Crippen LogP contribution is 2.31. The third-order valence-corrected chi connectivity index (χ3v) is 3.84. The number of nitrogens with one attached hydrogen (secondary N) is 1. The fraction of sp³-hybridized carbons (Fsp3) is 0.250. The molecule has 0 spiro atoms. The molecule has 1 atom stereocenters. The third-order valence-electron chi connectivity index (χ3n) is 3.35. The zero-order valence-electron chi connectivity index (χ0n) is 10.8. The standard InChI is InChI=1S/C16H16BrNO/c1-11-2-5-14(6-3-11)18-10-15-9-12-8-13(17)4-7-16(12)19-15/h2-8,15,18H,9-10H2,1H3. The Morgan fingerprint density at radius 3 is 2.79 bits per heavy atom. The Balaban J connectivity index is 1.60. The van der Waals surface area contributed by atoms with Gasteiger partial charge in [-0.25, -0.2) is 0 Å². The summed E-state index contributed by atoms with van der Waals surface area (Å²) in [4.78, 5) is 0. The van der Waals surface area contributed by atoms with Gasteiger partial charge in [0.1, 0.15) is 11.9 Å². The summed E-state index contributed by atoms with van der Waals surface area (Å²) in [6, 6.07) is 14.6. The number of aryl methyl sites for hydroxylation is 1. The number of anilines is 1. The van der Waals surface area contributed by atoms with Gasteiger partial charge in [-0.05, 0) is 42.8 Å². The monoisotopic (exact) mass is 317 g/mol. The summed E-state index contributed by atoms with van der Waals surface area (Å²) in [5, 5.41) is 3.43. The van der Waals surface area contributed by atoms with Crippen LogP contribution in [0.15, 0.2) is 46.9 Å². The highest BCUT2D eigenvalue weighted by atomic mass is 79.9. The lowest BCUT2D eigenvalue weighted by molar-refractivity contribution is 0.246. The Bertz CT molecular complexity index is 580. The van der Waals surface area contributed by atoms with Crippen molar-refractivity contribution in [2.24, 2.45) is 0 Å². The Hall–Kier alpha value is -1.48. The van der Waals surface area contributed by atoms with E-state index in [1.807, 2.05) is 12.1 Å². The van der Waals surface area contributed by atoms with Crippen molar-refractivity contribution in [2.75, 3.05) is 11.9 Å². The first-order valence-electron chi connectivity index (χ1n) is 6.46. The van der Waals surface area contributed by atoms with Gasteiger partial charge in [0.2, 0.25) is 0 Å². The Morgan fingerprint density at radius 2 is 2.00 bits per heavy atom. The zero-order chi connectivity index (χ0) is 13.2. The average molecular weight is 318 g/mol. The predicted octanol–water partition coefficient (Wildman–Crippen LogP) is 4.17. The van der Waals surface area contributed by atoms with E-state index in [2.05, 4.69) is 58.5 Å². The van der Waals surface area contributed by atoms with E-state index in [9.17, 15) is 0 Å². The molecule has 0 bridgehead atoms. The molecule has 19 heavy (non-hydrogen) atoms. The Kier molecular flexibility index (Phi) is 3.47. The molecule has 0 saturated carbocycles. The molecule has 0 amide bonds. The maximum atomic E-state index is 5.92. The van der Waals surface area contributed by atoms with Crippen molar-refractivity contribution < 1.29 is 4.74 Å². The van der Waals surface area contributed by atoms with E-state index >= 15 is 0 Å². The van der Waals surface area contributed by atoms with Crippen LogP contribution in [0.3, 0.4) is 0 Å². The van der Waals surface area contributed by atoms with E-state index in [-0.39, 0.29) is 6.10 Å². The third kappa shape index (κ3) is 2.92. The van der Waals surface area contributed by atoms with Crippen LogP contribution in [-0.4, -0.2) is 12.6 Å². The van der Waals surface area contributed by atoms with Crippen LogP contribution in [0.2, 0.25) is 0 Å². The lowest BCUT2D eigenvalue weighted by Gasteiger charge is -2.13. The predicted molar refractivity (Wildman–Crippen MR) is 81.9 cm³/mol. The molecule has 1 aliphatic rings. The molecule has 2 nitrogen and oxygen atoms in total. The molecule has 2 aromatic carbocycles. The fourth-order valence-electron chi connectivity index (χ4n) is 2.31. The number of benzene rings is 2. The van der Waals surface area contributed by atoms with Gasteiger partial charge in [0, 0.05) is 16.6 Å². The van der Waals surface area contributed by atoms with E-state index < -0.39 is 0 Å². The van der Waals surface area contributed by atoms with Crippen LogP contribution >= 0.6 is 15.9 Å². The van der Waals surface area contributed by atoms with Crippen LogP contribution in [0.5, 0.6) is 5.75 Å². The second kappa shape index (κ2) is 5.25. The van der Waals surface area contributed by atoms with E-state index in [0.717, 1.165) is 28.9 Å². The summed E-state index contributed by atoms with van der Waals surface area (Å²) >= 11 is 3.50. The molecule has 0 aromatic heterocycles. The molecule has 3 heteroatoms. The number of halogens is 1. The molecule has 1 N–H and O–H groups in total. The minimum absolute atomic E-state index is 0.214. The number of fused-ring (bicyclic) bond motifs is 1. The van der Waals surface area contributed by atoms with Crippen LogP contribution in [0.1, 0.15) is 11.1 Å². The first-order valence-corrected chi connectivity index (χ1v) is 7.25. The number of ether oxygens (including phenoxy) is 1. The molecule has 98 valence electrons. The molecular weight excluding hydrogens is 302 g/mol. The van der Waals surface area contributed by atoms with Crippen LogP contribution in [0.25, 0.3) is 0 Å². The molecule has 1 heterocycles. The molecular formula is C16H16BrNO. The van der Waals surface area contributed by atoms with Crippen LogP contribution < -0.4 is 10.1 Å². The van der Waals surface area contributed by atoms with Gasteiger partial charge in [-0.2, -0.15) is 0 Å². The van der Waals surface area contributed by atoms with E-state index in [0.29, 0.717) is 0 Å². The van der Waals surface area contributed by atoms with Crippen molar-refractivity contribution in [3.63, 3.8) is 0 Å². The zero-order valence-corrected chi connectivity index (χ0v) is 12.4. The molecule has 1 aliphatic heterocycles. The first kappa shape index (κ1) is 12.5. The van der Waals surface area contributed by atoms with Crippen molar-refractivity contribution in [2.45, 2.75) is 19.4 Å². The first-order chi connectivity index (χ1) is 9.20. The quantitative estimate of drug-likeness (QED) is 0.917. The molecule has 0 radical (unpaired) electrons. The van der Waals surface area contributed by atoms with Gasteiger partial charge < -0.3 is 10.1 Å². The number of rotatable bonds is 3. The van der Waals surface area contributed by atoms with Gasteiger partial charge in [0.05, 0.1) is 6.54 Å². The number of hydrogen-bond acceptors (Lipinski definition) is 2. The molecule has 2 aromatic rings. The Morgan fingerprint density at radius 1 is 1.21 bits per heavy atom. The SMILES string of the molecule is Cc1ccc(NCC2Cc3cc(Br)ccc3O2)cc1. The van der Waals surface area contributed by atoms with E-state index in [1.54, 1.807) is 0 Å². The largest absolute Gasteiger partial charge is 0.488 e. The second-order valence-corrected chi connectivity index (χ2v) is 5.86. The highest BCUT2D eigenvalue weighted by Gasteiger charge is 2.22. The van der Waals surface area contributed by atoms with Gasteiger partial charge in [-0.15, -0.1) is 0 Å². The van der Waals surface area contributed by atoms with Gasteiger partial charge >= 0.3 is 0 Å². The smallest absolute Gasteiger partial charge is 0.123 e. The van der Waals surface area contributed by atoms with Crippen molar-refractivity contribution in [1.29, 1.82) is 0 Å². The van der Waals surface area contributed by atoms with Crippen molar-refractivity contribution >= 4 is 21.6 Å². The summed E-state index contributed by atoms with van der Waals surface area (Å²) < 4.78 is 7.04. The normalized spacial score (nSPS) is 16.8. The van der Waals surface area contributed by atoms with Crippen molar-refractivity contribution in [3.05, 3.63) is 58.1 Å². The van der Waals surface area contributed by atoms with E-state index in [4.69, 9.17) is 4.74 Å². The summed E-state index contributed by atoms with van der Waals surface area (Å²) in [5.74, 6) is 1.01. The van der Waals surface area contributed by atoms with Crippen LogP contribution in [-0.2, 0) is 6.42 Å². The minimum Gasteiger partial charge on any atom is -0.488 e. The van der Waals surface area contributed by atoms with Gasteiger partial charge in [-0.1, -0.05) is 33.6 Å². The van der Waals surface area contributed by atoms with Crippen LogP contribution in [0.4, 0.5) is 5.69 Å². The molecule has 0 saturated heterocycles. The van der Waals surface area contributed by atoms with Gasteiger partial charge in [0.15, 0.2) is 0 Å². The molecule has 0 aliphatic carbocycles. The molecule has 3 rings (SSSR count). The Labute approximate surface area is 121 Å². The maximum absolute atomic E-state index is 5.92. The van der Waals surface area contributed by atoms with Crippen LogP contribution in [0, 0.1) is 6.92 Å². The maximum Gasteiger partial charge on any atom is 0.123 e. The number of hydrogen-bond donors (Lipinski definition) is 1. The summed E-state index contributed by atoms with van der Waals surface area (Å²) in [5.41, 5.74) is 3.70. The molecule has 0 fully saturated rings. The minimum atomic E-state index is 0.214. The fourth-order valence-corrected chi connectivity index (χ4v) is 2.71. The lowest BCUT2D eigenvalue weighted by atomic mass is 10.1. The second-order valence-electron chi connectivity index (χ2n) is 4.94. The summed E-state index contributed by atoms with van der Waals surface area (Å²) in [7, 11) is 0. The summed E-state index contributed by atoms with van der Waals surface area (Å²) in [6.45, 7) is 2.92. The van der Waals surface area contributed by atoms with Crippen molar-refractivity contribution in [1.82, 2.24) is 0 Å². The van der Waals surface area contributed by atoms with Crippen molar-refractivity contribution in [3.8, 4) is 5.75 Å². The summed E-state index contributed by atoms with van der Waals surface area (Å²) in [6.07, 6.45) is 1.18. The van der Waals surface area contributed by atoms with Gasteiger partial charge in [0.25, 0.3) is 0 Å². The highest BCUT2D eigenvalue weighted by molar-refractivity contribution is 9.10. The topological polar surface area (TPSA) is 21.3 Å². The lowest BCUT2D eigenvalue weighted by Crippen LogP contribution is -2.23. The van der Waals surface area contributed by atoms with E-state index in [1.165, 1.54) is 11.1 Å². The average Bonchev–Trinajstić information content (AvgIpc) is 2.80. The molecule has 1 unspecified atom stereocenters.